The first-order chi connectivity index (χ1) is 20.3. The molecule has 0 spiro atoms. The monoisotopic (exact) mass is 635 g/mol. The fourth-order valence-corrected chi connectivity index (χ4v) is 6.77. The molecule has 0 heterocycles. The van der Waals surface area contributed by atoms with E-state index < -0.39 is 51.9 Å². The van der Waals surface area contributed by atoms with Gasteiger partial charge in [-0.3, -0.25) is 13.9 Å². The molecule has 3 aromatic rings. The van der Waals surface area contributed by atoms with Crippen LogP contribution >= 0.6 is 11.6 Å². The first kappa shape index (κ1) is 32.3. The number of carbonyl (C=O) groups is 2. The van der Waals surface area contributed by atoms with Crippen molar-refractivity contribution >= 4 is 39.1 Å². The van der Waals surface area contributed by atoms with E-state index in [1.165, 1.54) is 29.2 Å². The third-order valence-electron chi connectivity index (χ3n) is 7.62. The lowest BCUT2D eigenvalue weighted by molar-refractivity contribution is -0.139. The zero-order valence-corrected chi connectivity index (χ0v) is 25.3. The number of aryl methyl sites for hydroxylation is 1. The molecule has 230 valence electrons. The molecule has 7 nitrogen and oxygen atoms in total. The van der Waals surface area contributed by atoms with Crippen molar-refractivity contribution < 1.29 is 31.2 Å². The van der Waals surface area contributed by atoms with E-state index in [0.717, 1.165) is 48.9 Å². The highest BCUT2D eigenvalue weighted by molar-refractivity contribution is 7.92. The molecule has 0 bridgehead atoms. The van der Waals surface area contributed by atoms with Gasteiger partial charge in [0, 0.05) is 12.6 Å². The lowest BCUT2D eigenvalue weighted by Gasteiger charge is -2.33. The quantitative estimate of drug-likeness (QED) is 0.282. The molecule has 4 rings (SSSR count). The van der Waals surface area contributed by atoms with E-state index in [1.807, 2.05) is 19.1 Å². The lowest BCUT2D eigenvalue weighted by atomic mass is 10.1. The van der Waals surface area contributed by atoms with Gasteiger partial charge in [-0.1, -0.05) is 66.9 Å². The van der Waals surface area contributed by atoms with Crippen LogP contribution in [0.5, 0.6) is 0 Å². The molecule has 3 aromatic carbocycles. The van der Waals surface area contributed by atoms with Gasteiger partial charge in [0.15, 0.2) is 0 Å². The summed E-state index contributed by atoms with van der Waals surface area (Å²) in [5.41, 5.74) is -0.0643. The van der Waals surface area contributed by atoms with E-state index in [0.29, 0.717) is 10.4 Å². The number of alkyl halides is 3. The number of hydrogen-bond acceptors (Lipinski definition) is 4. The second kappa shape index (κ2) is 13.4. The molecule has 43 heavy (non-hydrogen) atoms. The summed E-state index contributed by atoms with van der Waals surface area (Å²) in [6.45, 7) is 2.47. The van der Waals surface area contributed by atoms with Gasteiger partial charge in [-0.2, -0.15) is 13.2 Å². The number of amides is 2. The van der Waals surface area contributed by atoms with Crippen molar-refractivity contribution in [2.75, 3.05) is 10.8 Å². The molecule has 1 aliphatic carbocycles. The Morgan fingerprint density at radius 3 is 2.26 bits per heavy atom. The molecule has 1 atom stereocenters. The second-order valence-electron chi connectivity index (χ2n) is 10.6. The summed E-state index contributed by atoms with van der Waals surface area (Å²) in [5.74, 6) is -1.19. The highest BCUT2D eigenvalue weighted by atomic mass is 35.5. The summed E-state index contributed by atoms with van der Waals surface area (Å²) in [4.78, 5) is 28.4. The zero-order chi connectivity index (χ0) is 31.4. The summed E-state index contributed by atoms with van der Waals surface area (Å²) >= 11 is 6.29. The summed E-state index contributed by atoms with van der Waals surface area (Å²) in [6.07, 6.45) is -1.19. The summed E-state index contributed by atoms with van der Waals surface area (Å²) < 4.78 is 69.4. The minimum absolute atomic E-state index is 0.0239. The van der Waals surface area contributed by atoms with Crippen LogP contribution < -0.4 is 9.62 Å². The standard InChI is InChI=1S/C31H33ClF3N3O4S/c1-21-10-6-7-11-23(21)19-37(22(2)30(40)36-25-12-8-9-13-25)29(39)20-38(43(41,42)26-14-4-3-5-15-26)28-18-24(31(33,34)35)16-17-27(28)32/h3-7,10-11,14-18,22,25H,8-9,12-13,19-20H2,1-2H3,(H,36,40)/t22-/m0/s1. The second-order valence-corrected chi connectivity index (χ2v) is 12.9. The summed E-state index contributed by atoms with van der Waals surface area (Å²) in [7, 11) is -4.58. The Hall–Kier alpha value is -3.57. The number of rotatable bonds is 10. The Morgan fingerprint density at radius 1 is 1.00 bits per heavy atom. The lowest BCUT2D eigenvalue weighted by Crippen LogP contribution is -2.52. The van der Waals surface area contributed by atoms with Gasteiger partial charge in [-0.05, 0) is 68.1 Å². The minimum atomic E-state index is -4.80. The van der Waals surface area contributed by atoms with Crippen molar-refractivity contribution in [2.24, 2.45) is 0 Å². The topological polar surface area (TPSA) is 86.8 Å². The molecule has 1 fully saturated rings. The summed E-state index contributed by atoms with van der Waals surface area (Å²) in [6, 6.07) is 15.5. The van der Waals surface area contributed by atoms with Crippen LogP contribution in [0.3, 0.4) is 0 Å². The van der Waals surface area contributed by atoms with Crippen molar-refractivity contribution in [3.05, 3.63) is 94.5 Å². The minimum Gasteiger partial charge on any atom is -0.352 e. The predicted molar refractivity (Wildman–Crippen MR) is 159 cm³/mol. The first-order valence-electron chi connectivity index (χ1n) is 13.9. The molecule has 0 radical (unpaired) electrons. The van der Waals surface area contributed by atoms with Crippen LogP contribution in [0.15, 0.2) is 77.7 Å². The van der Waals surface area contributed by atoms with Crippen molar-refractivity contribution in [3.63, 3.8) is 0 Å². The number of carbonyl (C=O) groups excluding carboxylic acids is 2. The maximum absolute atomic E-state index is 14.1. The Morgan fingerprint density at radius 2 is 1.63 bits per heavy atom. The highest BCUT2D eigenvalue weighted by Gasteiger charge is 2.36. The van der Waals surface area contributed by atoms with E-state index in [4.69, 9.17) is 11.6 Å². The number of anilines is 1. The van der Waals surface area contributed by atoms with Gasteiger partial charge in [0.05, 0.1) is 21.2 Å². The van der Waals surface area contributed by atoms with E-state index >= 15 is 0 Å². The molecule has 1 aliphatic rings. The average molecular weight is 636 g/mol. The fraction of sp³-hybridized carbons (Fsp3) is 0.355. The van der Waals surface area contributed by atoms with E-state index in [1.54, 1.807) is 25.1 Å². The van der Waals surface area contributed by atoms with Gasteiger partial charge in [0.2, 0.25) is 11.8 Å². The molecular weight excluding hydrogens is 603 g/mol. The Kier molecular flexibility index (Phi) is 10.1. The highest BCUT2D eigenvalue weighted by Crippen LogP contribution is 2.37. The number of nitrogens with zero attached hydrogens (tertiary/aromatic N) is 2. The van der Waals surface area contributed by atoms with Crippen LogP contribution in [-0.2, 0) is 32.3 Å². The number of halogens is 4. The zero-order valence-electron chi connectivity index (χ0n) is 23.8. The van der Waals surface area contributed by atoms with Gasteiger partial charge < -0.3 is 10.2 Å². The Labute approximate surface area is 254 Å². The van der Waals surface area contributed by atoms with Crippen molar-refractivity contribution in [3.8, 4) is 0 Å². The maximum atomic E-state index is 14.1. The normalized spacial score (nSPS) is 14.7. The molecule has 0 saturated heterocycles. The van der Waals surface area contributed by atoms with Gasteiger partial charge in [0.1, 0.15) is 12.6 Å². The molecule has 0 unspecified atom stereocenters. The maximum Gasteiger partial charge on any atom is 0.416 e. The van der Waals surface area contributed by atoms with E-state index in [2.05, 4.69) is 5.32 Å². The van der Waals surface area contributed by atoms with Crippen LogP contribution in [0.4, 0.5) is 18.9 Å². The summed E-state index contributed by atoms with van der Waals surface area (Å²) in [5, 5.41) is 2.68. The van der Waals surface area contributed by atoms with E-state index in [9.17, 15) is 31.2 Å². The molecule has 12 heteroatoms. The van der Waals surface area contributed by atoms with Gasteiger partial charge in [-0.15, -0.1) is 0 Å². The third kappa shape index (κ3) is 7.69. The van der Waals surface area contributed by atoms with Crippen LogP contribution in [0.25, 0.3) is 0 Å². The Balaban J connectivity index is 1.77. The average Bonchev–Trinajstić information content (AvgIpc) is 3.48. The van der Waals surface area contributed by atoms with Crippen LogP contribution in [-0.4, -0.2) is 43.8 Å². The largest absolute Gasteiger partial charge is 0.416 e. The molecule has 1 saturated carbocycles. The number of benzene rings is 3. The molecule has 0 aliphatic heterocycles. The van der Waals surface area contributed by atoms with Crippen molar-refractivity contribution in [1.29, 1.82) is 0 Å². The van der Waals surface area contributed by atoms with Crippen LogP contribution in [0, 0.1) is 6.92 Å². The Bertz CT molecular complexity index is 1560. The molecular formula is C31H33ClF3N3O4S. The number of sulfonamides is 1. The molecule has 2 amide bonds. The van der Waals surface area contributed by atoms with Crippen LogP contribution in [0.2, 0.25) is 5.02 Å². The smallest absolute Gasteiger partial charge is 0.352 e. The van der Waals surface area contributed by atoms with Crippen molar-refractivity contribution in [1.82, 2.24) is 10.2 Å². The number of hydrogen-bond donors (Lipinski definition) is 1. The molecule has 0 aromatic heterocycles. The SMILES string of the molecule is Cc1ccccc1CN(C(=O)CN(c1cc(C(F)(F)F)ccc1Cl)S(=O)(=O)c1ccccc1)[C@@H](C)C(=O)NC1CCCC1. The van der Waals surface area contributed by atoms with Crippen LogP contribution in [0.1, 0.15) is 49.3 Å². The third-order valence-corrected chi connectivity index (χ3v) is 9.72. The number of nitrogens with one attached hydrogen (secondary N) is 1. The first-order valence-corrected chi connectivity index (χ1v) is 15.7. The van der Waals surface area contributed by atoms with E-state index in [-0.39, 0.29) is 22.5 Å². The predicted octanol–water partition coefficient (Wildman–Crippen LogP) is 6.34. The van der Waals surface area contributed by atoms with Gasteiger partial charge >= 0.3 is 6.18 Å². The molecule has 1 N–H and O–H groups in total. The van der Waals surface area contributed by atoms with Gasteiger partial charge in [-0.25, -0.2) is 8.42 Å². The van der Waals surface area contributed by atoms with Gasteiger partial charge in [0.25, 0.3) is 10.0 Å². The van der Waals surface area contributed by atoms with Crippen molar-refractivity contribution in [2.45, 2.75) is 69.2 Å². The fourth-order valence-electron chi connectivity index (χ4n) is 5.06.